The highest BCUT2D eigenvalue weighted by Crippen LogP contribution is 2.21. The number of benzene rings is 2. The molecule has 2 nitrogen and oxygen atoms in total. The quantitative estimate of drug-likeness (QED) is 0.909. The van der Waals surface area contributed by atoms with Crippen LogP contribution in [0.25, 0.3) is 0 Å². The summed E-state index contributed by atoms with van der Waals surface area (Å²) < 4.78 is 14.5. The molecular formula is C16H15BrFNO. The second-order valence-corrected chi connectivity index (χ2v) is 5.49. The molecule has 0 aliphatic heterocycles. The van der Waals surface area contributed by atoms with Crippen LogP contribution in [0, 0.1) is 5.82 Å². The Morgan fingerprint density at radius 3 is 2.55 bits per heavy atom. The summed E-state index contributed by atoms with van der Waals surface area (Å²) in [5.41, 5.74) is 6.96. The van der Waals surface area contributed by atoms with Gasteiger partial charge in [-0.05, 0) is 29.3 Å². The van der Waals surface area contributed by atoms with E-state index in [1.165, 1.54) is 6.07 Å². The van der Waals surface area contributed by atoms with Crippen LogP contribution in [0.3, 0.4) is 0 Å². The monoisotopic (exact) mass is 335 g/mol. The van der Waals surface area contributed by atoms with Crippen molar-refractivity contribution in [3.63, 3.8) is 0 Å². The molecule has 0 saturated heterocycles. The number of nitrogens with two attached hydrogens (primary N) is 1. The van der Waals surface area contributed by atoms with Gasteiger partial charge in [-0.1, -0.05) is 46.3 Å². The molecule has 0 aliphatic carbocycles. The zero-order valence-electron chi connectivity index (χ0n) is 10.9. The van der Waals surface area contributed by atoms with E-state index in [0.29, 0.717) is 5.56 Å². The van der Waals surface area contributed by atoms with Gasteiger partial charge < -0.3 is 5.73 Å². The lowest BCUT2D eigenvalue weighted by Crippen LogP contribution is -2.23. The summed E-state index contributed by atoms with van der Waals surface area (Å²) >= 11 is 3.28. The third kappa shape index (κ3) is 3.52. The van der Waals surface area contributed by atoms with E-state index in [-0.39, 0.29) is 24.6 Å². The molecule has 2 N–H and O–H groups in total. The van der Waals surface area contributed by atoms with Gasteiger partial charge in [-0.25, -0.2) is 4.39 Å². The Balaban J connectivity index is 2.20. The number of hydrogen-bond acceptors (Lipinski definition) is 2. The van der Waals surface area contributed by atoms with Crippen LogP contribution in [0.5, 0.6) is 0 Å². The minimum atomic E-state index is -0.394. The Morgan fingerprint density at radius 1 is 1.20 bits per heavy atom. The van der Waals surface area contributed by atoms with Gasteiger partial charge in [0.2, 0.25) is 0 Å². The van der Waals surface area contributed by atoms with Gasteiger partial charge in [0.25, 0.3) is 0 Å². The minimum Gasteiger partial charge on any atom is -0.329 e. The van der Waals surface area contributed by atoms with Gasteiger partial charge in [0.05, 0.1) is 5.92 Å². The second kappa shape index (κ2) is 6.77. The lowest BCUT2D eigenvalue weighted by molar-refractivity contribution is -0.119. The fraction of sp³-hybridized carbons (Fsp3) is 0.188. The van der Waals surface area contributed by atoms with Gasteiger partial charge in [0.15, 0.2) is 0 Å². The van der Waals surface area contributed by atoms with Crippen molar-refractivity contribution >= 4 is 21.7 Å². The van der Waals surface area contributed by atoms with E-state index in [1.807, 2.05) is 30.3 Å². The predicted octanol–water partition coefficient (Wildman–Crippen LogP) is 3.44. The molecular weight excluding hydrogens is 321 g/mol. The molecule has 0 heterocycles. The molecule has 2 aromatic carbocycles. The number of halogens is 2. The molecule has 0 bridgehead atoms. The topological polar surface area (TPSA) is 43.1 Å². The summed E-state index contributed by atoms with van der Waals surface area (Å²) in [6.07, 6.45) is 0.0437. The highest BCUT2D eigenvalue weighted by molar-refractivity contribution is 9.10. The number of rotatable bonds is 5. The summed E-state index contributed by atoms with van der Waals surface area (Å²) in [6.45, 7) is 0.221. The maximum Gasteiger partial charge on any atom is 0.146 e. The average Bonchev–Trinajstić information content (AvgIpc) is 2.45. The molecule has 2 aromatic rings. The molecule has 1 unspecified atom stereocenters. The van der Waals surface area contributed by atoms with Gasteiger partial charge in [-0.3, -0.25) is 4.79 Å². The van der Waals surface area contributed by atoms with Gasteiger partial charge >= 0.3 is 0 Å². The van der Waals surface area contributed by atoms with Crippen molar-refractivity contribution in [1.29, 1.82) is 0 Å². The Bertz CT molecular complexity index is 601. The highest BCUT2D eigenvalue weighted by atomic mass is 79.9. The zero-order chi connectivity index (χ0) is 14.5. The summed E-state index contributed by atoms with van der Waals surface area (Å²) in [5, 5.41) is 0. The molecule has 0 aliphatic rings. The number of Topliss-reactive ketones (excluding diaryl/α,β-unsaturated/α-hetero) is 1. The van der Waals surface area contributed by atoms with Crippen LogP contribution in [0.2, 0.25) is 0 Å². The third-order valence-corrected chi connectivity index (χ3v) is 3.69. The summed E-state index contributed by atoms with van der Waals surface area (Å²) in [4.78, 5) is 12.3. The first kappa shape index (κ1) is 14.9. The highest BCUT2D eigenvalue weighted by Gasteiger charge is 2.20. The molecule has 0 amide bonds. The molecule has 4 heteroatoms. The maximum absolute atomic E-state index is 13.7. The van der Waals surface area contributed by atoms with Crippen LogP contribution >= 0.6 is 15.9 Å². The second-order valence-electron chi connectivity index (χ2n) is 4.58. The molecule has 1 atom stereocenters. The molecule has 2 rings (SSSR count). The van der Waals surface area contributed by atoms with E-state index < -0.39 is 5.92 Å². The zero-order valence-corrected chi connectivity index (χ0v) is 12.4. The van der Waals surface area contributed by atoms with Crippen molar-refractivity contribution in [1.82, 2.24) is 0 Å². The van der Waals surface area contributed by atoms with E-state index >= 15 is 0 Å². The van der Waals surface area contributed by atoms with Crippen LogP contribution in [0.15, 0.2) is 53.0 Å². The van der Waals surface area contributed by atoms with Gasteiger partial charge in [-0.2, -0.15) is 0 Å². The first-order valence-corrected chi connectivity index (χ1v) is 7.12. The summed E-state index contributed by atoms with van der Waals surface area (Å²) in [5.74, 6) is -0.837. The molecule has 104 valence electrons. The number of hydrogen-bond donors (Lipinski definition) is 1. The maximum atomic E-state index is 13.7. The smallest absolute Gasteiger partial charge is 0.146 e. The molecule has 0 aromatic heterocycles. The Morgan fingerprint density at radius 2 is 1.90 bits per heavy atom. The van der Waals surface area contributed by atoms with Crippen LogP contribution in [-0.4, -0.2) is 12.3 Å². The van der Waals surface area contributed by atoms with Gasteiger partial charge in [0.1, 0.15) is 11.6 Å². The van der Waals surface area contributed by atoms with E-state index in [0.717, 1.165) is 10.0 Å². The fourth-order valence-corrected chi connectivity index (χ4v) is 2.54. The standard InChI is InChI=1S/C16H15BrFNO/c17-13-6-7-15(18)12(8-13)9-16(20)14(10-19)11-4-2-1-3-5-11/h1-8,14H,9-10,19H2. The van der Waals surface area contributed by atoms with E-state index in [4.69, 9.17) is 5.73 Å². The normalized spacial score (nSPS) is 12.2. The Kier molecular flexibility index (Phi) is 5.04. The molecule has 0 spiro atoms. The number of carbonyl (C=O) groups is 1. The fourth-order valence-electron chi connectivity index (χ4n) is 2.13. The third-order valence-electron chi connectivity index (χ3n) is 3.20. The molecule has 20 heavy (non-hydrogen) atoms. The van der Waals surface area contributed by atoms with Crippen LogP contribution < -0.4 is 5.73 Å². The summed E-state index contributed by atoms with van der Waals surface area (Å²) in [6, 6.07) is 13.9. The number of carbonyl (C=O) groups excluding carboxylic acids is 1. The first-order chi connectivity index (χ1) is 9.61. The number of ketones is 1. The van der Waals surface area contributed by atoms with Crippen molar-refractivity contribution in [3.8, 4) is 0 Å². The van der Waals surface area contributed by atoms with E-state index in [9.17, 15) is 9.18 Å². The van der Waals surface area contributed by atoms with Crippen LogP contribution in [0.4, 0.5) is 4.39 Å². The SMILES string of the molecule is NCC(C(=O)Cc1cc(Br)ccc1F)c1ccccc1. The van der Waals surface area contributed by atoms with Crippen molar-refractivity contribution in [2.24, 2.45) is 5.73 Å². The lowest BCUT2D eigenvalue weighted by atomic mass is 9.91. The van der Waals surface area contributed by atoms with Crippen molar-refractivity contribution < 1.29 is 9.18 Å². The Labute approximate surface area is 125 Å². The average molecular weight is 336 g/mol. The van der Waals surface area contributed by atoms with E-state index in [1.54, 1.807) is 12.1 Å². The van der Waals surface area contributed by atoms with Crippen molar-refractivity contribution in [2.75, 3.05) is 6.54 Å². The molecule has 0 radical (unpaired) electrons. The minimum absolute atomic E-state index is 0.0437. The van der Waals surface area contributed by atoms with Crippen molar-refractivity contribution in [2.45, 2.75) is 12.3 Å². The van der Waals surface area contributed by atoms with E-state index in [2.05, 4.69) is 15.9 Å². The molecule has 0 saturated carbocycles. The largest absolute Gasteiger partial charge is 0.329 e. The van der Waals surface area contributed by atoms with Crippen LogP contribution in [0.1, 0.15) is 17.0 Å². The molecule has 0 fully saturated rings. The lowest BCUT2D eigenvalue weighted by Gasteiger charge is -2.14. The van der Waals surface area contributed by atoms with Crippen LogP contribution in [-0.2, 0) is 11.2 Å². The predicted molar refractivity (Wildman–Crippen MR) is 81.0 cm³/mol. The Hall–Kier alpha value is -1.52. The van der Waals surface area contributed by atoms with Crippen molar-refractivity contribution in [3.05, 3.63) is 69.9 Å². The summed E-state index contributed by atoms with van der Waals surface area (Å²) in [7, 11) is 0. The van der Waals surface area contributed by atoms with Gasteiger partial charge in [-0.15, -0.1) is 0 Å². The van der Waals surface area contributed by atoms with Gasteiger partial charge in [0, 0.05) is 17.4 Å². The first-order valence-electron chi connectivity index (χ1n) is 6.33.